The lowest BCUT2D eigenvalue weighted by atomic mass is 9.95. The van der Waals surface area contributed by atoms with Gasteiger partial charge in [0.2, 0.25) is 5.91 Å². The minimum atomic E-state index is 0.0274. The first-order valence-corrected chi connectivity index (χ1v) is 7.90. The first-order chi connectivity index (χ1) is 10.2. The Labute approximate surface area is 131 Å². The van der Waals surface area contributed by atoms with Gasteiger partial charge < -0.3 is 10.4 Å². The highest BCUT2D eigenvalue weighted by Crippen LogP contribution is 2.19. The van der Waals surface area contributed by atoms with Crippen LogP contribution in [0.15, 0.2) is 24.3 Å². The molecule has 1 saturated heterocycles. The predicted octanol–water partition coefficient (Wildman–Crippen LogP) is 2.05. The van der Waals surface area contributed by atoms with E-state index >= 15 is 0 Å². The van der Waals surface area contributed by atoms with Crippen molar-refractivity contribution in [3.63, 3.8) is 0 Å². The van der Waals surface area contributed by atoms with Gasteiger partial charge in [-0.15, -0.1) is 0 Å². The van der Waals surface area contributed by atoms with E-state index in [4.69, 9.17) is 16.7 Å². The van der Waals surface area contributed by atoms with Gasteiger partial charge in [0.15, 0.2) is 0 Å². The number of nitrogens with one attached hydrogen (secondary N) is 1. The minimum absolute atomic E-state index is 0.0274. The van der Waals surface area contributed by atoms with Crippen LogP contribution in [0.25, 0.3) is 0 Å². The van der Waals surface area contributed by atoms with Crippen molar-refractivity contribution in [1.82, 2.24) is 10.2 Å². The number of aliphatic hydroxyl groups is 1. The van der Waals surface area contributed by atoms with Crippen LogP contribution in [0.3, 0.4) is 0 Å². The summed E-state index contributed by atoms with van der Waals surface area (Å²) in [5.41, 5.74) is 0.935. The Balaban J connectivity index is 1.75. The van der Waals surface area contributed by atoms with Crippen LogP contribution in [-0.2, 0) is 11.3 Å². The van der Waals surface area contributed by atoms with Gasteiger partial charge >= 0.3 is 0 Å². The second-order valence-corrected chi connectivity index (χ2v) is 6.03. The summed E-state index contributed by atoms with van der Waals surface area (Å²) < 4.78 is 0. The summed E-state index contributed by atoms with van der Waals surface area (Å²) in [4.78, 5) is 14.2. The number of carbonyl (C=O) groups excluding carboxylic acids is 1. The van der Waals surface area contributed by atoms with Gasteiger partial charge in [-0.25, -0.2) is 0 Å². The van der Waals surface area contributed by atoms with Crippen LogP contribution < -0.4 is 5.32 Å². The monoisotopic (exact) mass is 310 g/mol. The molecule has 1 heterocycles. The van der Waals surface area contributed by atoms with E-state index in [1.165, 1.54) is 0 Å². The van der Waals surface area contributed by atoms with Gasteiger partial charge in [0.05, 0.1) is 6.54 Å². The number of amides is 1. The van der Waals surface area contributed by atoms with E-state index in [0.29, 0.717) is 24.0 Å². The van der Waals surface area contributed by atoms with E-state index in [0.717, 1.165) is 37.9 Å². The van der Waals surface area contributed by atoms with Crippen LogP contribution in [0.1, 0.15) is 24.8 Å². The number of likely N-dealkylation sites (tertiary alicyclic amines) is 1. The maximum atomic E-state index is 12.0. The topological polar surface area (TPSA) is 52.6 Å². The van der Waals surface area contributed by atoms with Crippen molar-refractivity contribution in [3.8, 4) is 0 Å². The third-order valence-corrected chi connectivity index (χ3v) is 4.31. The second-order valence-electron chi connectivity index (χ2n) is 5.62. The van der Waals surface area contributed by atoms with Crippen LogP contribution in [0.2, 0.25) is 5.02 Å². The summed E-state index contributed by atoms with van der Waals surface area (Å²) in [5.74, 6) is 0.541. The average molecular weight is 311 g/mol. The molecule has 1 atom stereocenters. The molecule has 2 rings (SSSR count). The zero-order valence-electron chi connectivity index (χ0n) is 12.2. The molecule has 1 aromatic carbocycles. The molecule has 21 heavy (non-hydrogen) atoms. The zero-order chi connectivity index (χ0) is 15.1. The standard InChI is InChI=1S/C16H23ClN2O2/c17-15-6-2-1-5-14(15)10-18-16(21)12-19-8-3-4-13(11-19)7-9-20/h1-2,5-6,13,20H,3-4,7-12H2,(H,18,21). The fourth-order valence-electron chi connectivity index (χ4n) is 2.81. The Morgan fingerprint density at radius 2 is 2.24 bits per heavy atom. The molecule has 116 valence electrons. The van der Waals surface area contributed by atoms with Gasteiger partial charge in [-0.3, -0.25) is 9.69 Å². The third kappa shape index (κ3) is 5.30. The average Bonchev–Trinajstić information content (AvgIpc) is 2.47. The van der Waals surface area contributed by atoms with Crippen LogP contribution in [-0.4, -0.2) is 42.2 Å². The Morgan fingerprint density at radius 3 is 3.00 bits per heavy atom. The molecule has 0 saturated carbocycles. The van der Waals surface area contributed by atoms with Crippen molar-refractivity contribution >= 4 is 17.5 Å². The lowest BCUT2D eigenvalue weighted by Crippen LogP contribution is -2.42. The molecule has 2 N–H and O–H groups in total. The van der Waals surface area contributed by atoms with Crippen molar-refractivity contribution in [3.05, 3.63) is 34.9 Å². The van der Waals surface area contributed by atoms with Crippen molar-refractivity contribution < 1.29 is 9.90 Å². The van der Waals surface area contributed by atoms with E-state index < -0.39 is 0 Å². The van der Waals surface area contributed by atoms with Gasteiger partial charge in [0.1, 0.15) is 0 Å². The van der Waals surface area contributed by atoms with Crippen LogP contribution in [0, 0.1) is 5.92 Å². The Kier molecular flexibility index (Phi) is 6.49. The maximum Gasteiger partial charge on any atom is 0.234 e. The highest BCUT2D eigenvalue weighted by Gasteiger charge is 2.21. The number of aliphatic hydroxyl groups excluding tert-OH is 1. The molecule has 0 spiro atoms. The van der Waals surface area contributed by atoms with E-state index in [9.17, 15) is 4.79 Å². The van der Waals surface area contributed by atoms with E-state index in [-0.39, 0.29) is 12.5 Å². The van der Waals surface area contributed by atoms with Crippen molar-refractivity contribution in [2.24, 2.45) is 5.92 Å². The number of carbonyl (C=O) groups is 1. The Morgan fingerprint density at radius 1 is 1.43 bits per heavy atom. The van der Waals surface area contributed by atoms with E-state index in [1.807, 2.05) is 24.3 Å². The number of benzene rings is 1. The lowest BCUT2D eigenvalue weighted by Gasteiger charge is -2.31. The second kappa shape index (κ2) is 8.37. The summed E-state index contributed by atoms with van der Waals surface area (Å²) in [6, 6.07) is 7.54. The molecule has 1 amide bonds. The van der Waals surface area contributed by atoms with Gasteiger partial charge in [-0.1, -0.05) is 29.8 Å². The van der Waals surface area contributed by atoms with Gasteiger partial charge in [-0.2, -0.15) is 0 Å². The maximum absolute atomic E-state index is 12.0. The molecule has 0 aliphatic carbocycles. The lowest BCUT2D eigenvalue weighted by molar-refractivity contribution is -0.122. The van der Waals surface area contributed by atoms with Crippen LogP contribution in [0.5, 0.6) is 0 Å². The number of halogens is 1. The number of piperidine rings is 1. The molecule has 1 aromatic rings. The third-order valence-electron chi connectivity index (χ3n) is 3.94. The number of hydrogen-bond acceptors (Lipinski definition) is 3. The van der Waals surface area contributed by atoms with Crippen molar-refractivity contribution in [2.45, 2.75) is 25.8 Å². The number of nitrogens with zero attached hydrogens (tertiary/aromatic N) is 1. The Bertz CT molecular complexity index is 465. The summed E-state index contributed by atoms with van der Waals surface area (Å²) in [6.07, 6.45) is 3.08. The Hall–Kier alpha value is -1.10. The van der Waals surface area contributed by atoms with Crippen molar-refractivity contribution in [2.75, 3.05) is 26.2 Å². The van der Waals surface area contributed by atoms with Gasteiger partial charge in [-0.05, 0) is 43.4 Å². The molecule has 1 fully saturated rings. The molecular weight excluding hydrogens is 288 g/mol. The quantitative estimate of drug-likeness (QED) is 0.845. The fraction of sp³-hybridized carbons (Fsp3) is 0.562. The van der Waals surface area contributed by atoms with Crippen LogP contribution in [0.4, 0.5) is 0 Å². The highest BCUT2D eigenvalue weighted by atomic mass is 35.5. The van der Waals surface area contributed by atoms with Crippen molar-refractivity contribution in [1.29, 1.82) is 0 Å². The molecule has 1 aliphatic rings. The smallest absolute Gasteiger partial charge is 0.234 e. The largest absolute Gasteiger partial charge is 0.396 e. The molecular formula is C16H23ClN2O2. The summed E-state index contributed by atoms with van der Waals surface area (Å²) >= 11 is 6.07. The molecule has 5 heteroatoms. The molecule has 4 nitrogen and oxygen atoms in total. The summed E-state index contributed by atoms with van der Waals surface area (Å²) in [6.45, 7) is 2.98. The first-order valence-electron chi connectivity index (χ1n) is 7.52. The molecule has 1 aliphatic heterocycles. The predicted molar refractivity (Wildman–Crippen MR) is 84.2 cm³/mol. The first kappa shape index (κ1) is 16.3. The molecule has 1 unspecified atom stereocenters. The van der Waals surface area contributed by atoms with Gasteiger partial charge in [0.25, 0.3) is 0 Å². The fourth-order valence-corrected chi connectivity index (χ4v) is 3.01. The molecule has 0 radical (unpaired) electrons. The normalized spacial score (nSPS) is 19.4. The minimum Gasteiger partial charge on any atom is -0.396 e. The summed E-state index contributed by atoms with van der Waals surface area (Å²) in [7, 11) is 0. The van der Waals surface area contributed by atoms with Gasteiger partial charge in [0, 0.05) is 24.7 Å². The van der Waals surface area contributed by atoms with E-state index in [1.54, 1.807) is 0 Å². The van der Waals surface area contributed by atoms with E-state index in [2.05, 4.69) is 10.2 Å². The zero-order valence-corrected chi connectivity index (χ0v) is 13.0. The highest BCUT2D eigenvalue weighted by molar-refractivity contribution is 6.31. The number of rotatable bonds is 6. The van der Waals surface area contributed by atoms with Crippen LogP contribution >= 0.6 is 11.6 Å². The SMILES string of the molecule is O=C(CN1CCCC(CCO)C1)NCc1ccccc1Cl. The molecule has 0 aromatic heterocycles. The number of hydrogen-bond donors (Lipinski definition) is 2. The molecule has 0 bridgehead atoms. The summed E-state index contributed by atoms with van der Waals surface area (Å²) in [5, 5.41) is 12.6.